The number of halogens is 2. The molecule has 1 atom stereocenters. The highest BCUT2D eigenvalue weighted by molar-refractivity contribution is 6.42. The summed E-state index contributed by atoms with van der Waals surface area (Å²) in [4.78, 5) is 26.7. The van der Waals surface area contributed by atoms with Gasteiger partial charge in [0, 0.05) is 24.3 Å². The van der Waals surface area contributed by atoms with Gasteiger partial charge in [-0.1, -0.05) is 41.4 Å². The second kappa shape index (κ2) is 7.06. The fourth-order valence-electron chi connectivity index (χ4n) is 3.15. The second-order valence-corrected chi connectivity index (χ2v) is 7.08. The highest BCUT2D eigenvalue weighted by atomic mass is 35.5. The van der Waals surface area contributed by atoms with Gasteiger partial charge in [-0.25, -0.2) is 0 Å². The molecule has 0 bridgehead atoms. The van der Waals surface area contributed by atoms with Gasteiger partial charge < -0.3 is 10.2 Å². The van der Waals surface area contributed by atoms with E-state index >= 15 is 0 Å². The SMILES string of the molecule is Cc1cccc(C)c1N1C[C@@H](C(=O)Nc2ccc(Cl)c(Cl)c2)CC1=O. The van der Waals surface area contributed by atoms with Crippen LogP contribution in [-0.4, -0.2) is 18.4 Å². The maximum absolute atomic E-state index is 12.5. The minimum atomic E-state index is -0.402. The molecular weight excluding hydrogens is 359 g/mol. The van der Waals surface area contributed by atoms with Crippen molar-refractivity contribution in [2.24, 2.45) is 5.92 Å². The standard InChI is InChI=1S/C19H18Cl2N2O2/c1-11-4-3-5-12(2)18(11)23-10-13(8-17(23)24)19(25)22-14-6-7-15(20)16(21)9-14/h3-7,9,13H,8,10H2,1-2H3,(H,22,25)/t13-/m0/s1. The van der Waals surface area contributed by atoms with E-state index in [1.807, 2.05) is 32.0 Å². The van der Waals surface area contributed by atoms with Gasteiger partial charge in [0.2, 0.25) is 11.8 Å². The van der Waals surface area contributed by atoms with Crippen LogP contribution in [0.25, 0.3) is 0 Å². The summed E-state index contributed by atoms with van der Waals surface area (Å²) in [6, 6.07) is 10.8. The molecular formula is C19H18Cl2N2O2. The number of nitrogens with zero attached hydrogens (tertiary/aromatic N) is 1. The minimum absolute atomic E-state index is 0.0355. The van der Waals surface area contributed by atoms with Gasteiger partial charge in [0.1, 0.15) is 0 Å². The van der Waals surface area contributed by atoms with Crippen LogP contribution in [0.5, 0.6) is 0 Å². The number of anilines is 2. The van der Waals surface area contributed by atoms with E-state index in [0.717, 1.165) is 16.8 Å². The van der Waals surface area contributed by atoms with Crippen LogP contribution in [0.15, 0.2) is 36.4 Å². The van der Waals surface area contributed by atoms with Crippen LogP contribution in [0.1, 0.15) is 17.5 Å². The fourth-order valence-corrected chi connectivity index (χ4v) is 3.45. The molecule has 1 fully saturated rings. The van der Waals surface area contributed by atoms with E-state index in [2.05, 4.69) is 5.32 Å². The third-order valence-electron chi connectivity index (χ3n) is 4.39. The lowest BCUT2D eigenvalue weighted by atomic mass is 10.1. The van der Waals surface area contributed by atoms with E-state index in [1.165, 1.54) is 0 Å². The first-order chi connectivity index (χ1) is 11.9. The van der Waals surface area contributed by atoms with Gasteiger partial charge >= 0.3 is 0 Å². The highest BCUT2D eigenvalue weighted by Gasteiger charge is 2.36. The van der Waals surface area contributed by atoms with E-state index in [9.17, 15) is 9.59 Å². The average molecular weight is 377 g/mol. The molecule has 130 valence electrons. The van der Waals surface area contributed by atoms with Crippen LogP contribution in [0.3, 0.4) is 0 Å². The summed E-state index contributed by atoms with van der Waals surface area (Å²) in [6.45, 7) is 4.31. The smallest absolute Gasteiger partial charge is 0.229 e. The Morgan fingerprint density at radius 1 is 1.12 bits per heavy atom. The van der Waals surface area contributed by atoms with Crippen LogP contribution < -0.4 is 10.2 Å². The molecule has 0 spiro atoms. The Bertz CT molecular complexity index is 831. The van der Waals surface area contributed by atoms with Crippen molar-refractivity contribution < 1.29 is 9.59 Å². The Balaban J connectivity index is 1.75. The molecule has 2 aromatic rings. The van der Waals surface area contributed by atoms with Gasteiger partial charge in [-0.05, 0) is 43.2 Å². The first-order valence-corrected chi connectivity index (χ1v) is 8.75. The zero-order valence-electron chi connectivity index (χ0n) is 14.0. The van der Waals surface area contributed by atoms with Crippen molar-refractivity contribution in [2.45, 2.75) is 20.3 Å². The number of amides is 2. The molecule has 1 heterocycles. The van der Waals surface area contributed by atoms with Crippen LogP contribution in [0.2, 0.25) is 10.0 Å². The molecule has 3 rings (SSSR count). The summed E-state index contributed by atoms with van der Waals surface area (Å²) in [5.41, 5.74) is 3.52. The zero-order valence-corrected chi connectivity index (χ0v) is 15.5. The maximum atomic E-state index is 12.5. The average Bonchev–Trinajstić information content (AvgIpc) is 2.93. The Morgan fingerprint density at radius 3 is 2.44 bits per heavy atom. The van der Waals surface area contributed by atoms with E-state index < -0.39 is 5.92 Å². The molecule has 1 saturated heterocycles. The number of rotatable bonds is 3. The number of hydrogen-bond acceptors (Lipinski definition) is 2. The first kappa shape index (κ1) is 17.8. The Kier molecular flexibility index (Phi) is 5.02. The van der Waals surface area contributed by atoms with Gasteiger partial charge in [0.05, 0.1) is 16.0 Å². The third-order valence-corrected chi connectivity index (χ3v) is 5.13. The molecule has 6 heteroatoms. The molecule has 0 radical (unpaired) electrons. The second-order valence-electron chi connectivity index (χ2n) is 6.26. The third kappa shape index (κ3) is 3.65. The van der Waals surface area contributed by atoms with Gasteiger partial charge in [-0.15, -0.1) is 0 Å². The van der Waals surface area contributed by atoms with Crippen LogP contribution in [0, 0.1) is 19.8 Å². The van der Waals surface area contributed by atoms with Crippen LogP contribution >= 0.6 is 23.2 Å². The number of nitrogens with one attached hydrogen (secondary N) is 1. The normalized spacial score (nSPS) is 17.0. The van der Waals surface area contributed by atoms with Gasteiger partial charge in [-0.2, -0.15) is 0 Å². The van der Waals surface area contributed by atoms with Crippen molar-refractivity contribution in [3.8, 4) is 0 Å². The van der Waals surface area contributed by atoms with E-state index in [0.29, 0.717) is 22.3 Å². The lowest BCUT2D eigenvalue weighted by Crippen LogP contribution is -2.29. The summed E-state index contributed by atoms with van der Waals surface area (Å²) < 4.78 is 0. The quantitative estimate of drug-likeness (QED) is 0.850. The molecule has 1 aliphatic rings. The molecule has 0 aliphatic carbocycles. The van der Waals surface area contributed by atoms with Crippen molar-refractivity contribution in [1.82, 2.24) is 0 Å². The molecule has 2 aromatic carbocycles. The molecule has 25 heavy (non-hydrogen) atoms. The van der Waals surface area contributed by atoms with Crippen molar-refractivity contribution in [3.05, 3.63) is 57.6 Å². The Labute approximate surface area is 156 Å². The van der Waals surface area contributed by atoms with Gasteiger partial charge in [0.15, 0.2) is 0 Å². The van der Waals surface area contributed by atoms with Crippen molar-refractivity contribution >= 4 is 46.4 Å². The predicted molar refractivity (Wildman–Crippen MR) is 101 cm³/mol. The van der Waals surface area contributed by atoms with Crippen LogP contribution in [0.4, 0.5) is 11.4 Å². The molecule has 2 amide bonds. The maximum Gasteiger partial charge on any atom is 0.229 e. The largest absolute Gasteiger partial charge is 0.326 e. The van der Waals surface area contributed by atoms with Crippen molar-refractivity contribution in [1.29, 1.82) is 0 Å². The van der Waals surface area contributed by atoms with E-state index in [1.54, 1.807) is 23.1 Å². The van der Waals surface area contributed by atoms with Gasteiger partial charge in [0.25, 0.3) is 0 Å². The first-order valence-electron chi connectivity index (χ1n) is 7.99. The van der Waals surface area contributed by atoms with Gasteiger partial charge in [-0.3, -0.25) is 9.59 Å². The molecule has 1 N–H and O–H groups in total. The predicted octanol–water partition coefficient (Wildman–Crippen LogP) is 4.60. The van der Waals surface area contributed by atoms with Crippen molar-refractivity contribution in [2.75, 3.05) is 16.8 Å². The van der Waals surface area contributed by atoms with E-state index in [4.69, 9.17) is 23.2 Å². The Morgan fingerprint density at radius 2 is 1.80 bits per heavy atom. The topological polar surface area (TPSA) is 49.4 Å². The molecule has 0 unspecified atom stereocenters. The number of carbonyl (C=O) groups is 2. The van der Waals surface area contributed by atoms with Crippen molar-refractivity contribution in [3.63, 3.8) is 0 Å². The minimum Gasteiger partial charge on any atom is -0.326 e. The number of hydrogen-bond donors (Lipinski definition) is 1. The molecule has 4 nitrogen and oxygen atoms in total. The Hall–Kier alpha value is -2.04. The van der Waals surface area contributed by atoms with E-state index in [-0.39, 0.29) is 18.2 Å². The molecule has 0 aromatic heterocycles. The summed E-state index contributed by atoms with van der Waals surface area (Å²) in [5.74, 6) is -0.631. The number of benzene rings is 2. The number of para-hydroxylation sites is 1. The number of aryl methyl sites for hydroxylation is 2. The number of carbonyl (C=O) groups excluding carboxylic acids is 2. The summed E-state index contributed by atoms with van der Waals surface area (Å²) in [5, 5.41) is 3.61. The molecule has 1 aliphatic heterocycles. The summed E-state index contributed by atoms with van der Waals surface area (Å²) in [7, 11) is 0. The zero-order chi connectivity index (χ0) is 18.1. The fraction of sp³-hybridized carbons (Fsp3) is 0.263. The summed E-state index contributed by atoms with van der Waals surface area (Å²) in [6.07, 6.45) is 0.195. The summed E-state index contributed by atoms with van der Waals surface area (Å²) >= 11 is 11.9. The van der Waals surface area contributed by atoms with Crippen LogP contribution in [-0.2, 0) is 9.59 Å². The lowest BCUT2D eigenvalue weighted by Gasteiger charge is -2.21. The highest BCUT2D eigenvalue weighted by Crippen LogP contribution is 2.31. The molecule has 0 saturated carbocycles. The monoisotopic (exact) mass is 376 g/mol. The lowest BCUT2D eigenvalue weighted by molar-refractivity contribution is -0.122.